The van der Waals surface area contributed by atoms with Crippen molar-refractivity contribution < 1.29 is 20.1 Å². The van der Waals surface area contributed by atoms with Gasteiger partial charge in [-0.1, -0.05) is 12.1 Å². The number of pyridine rings is 1. The summed E-state index contributed by atoms with van der Waals surface area (Å²) in [7, 11) is 0. The van der Waals surface area contributed by atoms with Crippen molar-refractivity contribution in [2.45, 2.75) is 13.8 Å². The summed E-state index contributed by atoms with van der Waals surface area (Å²) in [6, 6.07) is 14.7. The Bertz CT molecular complexity index is 1290. The molecule has 9 heteroatoms. The Morgan fingerprint density at radius 1 is 0.576 bits per heavy atom. The first-order valence-electron chi connectivity index (χ1n) is 9.93. The summed E-state index contributed by atoms with van der Waals surface area (Å²) in [6.07, 6.45) is 8.62. The van der Waals surface area contributed by atoms with E-state index in [4.69, 9.17) is 0 Å². The molecule has 4 heterocycles. The van der Waals surface area contributed by atoms with Gasteiger partial charge >= 0.3 is 0 Å². The molecule has 0 amide bonds. The minimum atomic E-state index is 0. The second kappa shape index (κ2) is 9.77. The van der Waals surface area contributed by atoms with E-state index in [1.807, 2.05) is 50.2 Å². The fourth-order valence-electron chi connectivity index (χ4n) is 2.96. The van der Waals surface area contributed by atoms with E-state index in [0.29, 0.717) is 29.1 Å². The van der Waals surface area contributed by atoms with Crippen LogP contribution in [-0.4, -0.2) is 39.9 Å². The summed E-state index contributed by atoms with van der Waals surface area (Å²) < 4.78 is 0. The van der Waals surface area contributed by atoms with Crippen molar-refractivity contribution in [3.63, 3.8) is 0 Å². The second-order valence-electron chi connectivity index (χ2n) is 7.18. The molecule has 0 atom stereocenters. The predicted molar refractivity (Wildman–Crippen MR) is 119 cm³/mol. The van der Waals surface area contributed by atoms with Gasteiger partial charge in [-0.25, -0.2) is 34.9 Å². The Kier molecular flexibility index (Phi) is 6.63. The molecule has 1 radical (unpaired) electrons. The van der Waals surface area contributed by atoms with Gasteiger partial charge in [0.25, 0.3) is 0 Å². The first kappa shape index (κ1) is 22.4. The molecule has 0 unspecified atom stereocenters. The molecule has 0 aliphatic rings. The molecule has 33 heavy (non-hydrogen) atoms. The maximum absolute atomic E-state index is 4.60. The van der Waals surface area contributed by atoms with Crippen molar-refractivity contribution >= 4 is 0 Å². The van der Waals surface area contributed by atoms with E-state index in [2.05, 4.69) is 45.9 Å². The van der Waals surface area contributed by atoms with Gasteiger partial charge in [0.15, 0.2) is 17.5 Å². The number of nitrogens with zero attached hydrogens (tertiary/aromatic N) is 8. The molecule has 0 N–H and O–H groups in total. The Labute approximate surface area is 204 Å². The summed E-state index contributed by atoms with van der Waals surface area (Å²) in [5.41, 5.74) is 4.35. The van der Waals surface area contributed by atoms with Crippen molar-refractivity contribution in [1.29, 1.82) is 0 Å². The molecule has 1 aromatic carbocycles. The third-order valence-corrected chi connectivity index (χ3v) is 4.60. The van der Waals surface area contributed by atoms with E-state index in [1.165, 1.54) is 0 Å². The van der Waals surface area contributed by atoms with E-state index in [1.54, 1.807) is 31.0 Å². The number of hydrogen-bond donors (Lipinski definition) is 0. The van der Waals surface area contributed by atoms with Gasteiger partial charge in [-0.3, -0.25) is 0 Å². The molecule has 0 saturated heterocycles. The van der Waals surface area contributed by atoms with E-state index >= 15 is 0 Å². The summed E-state index contributed by atoms with van der Waals surface area (Å²) >= 11 is 0. The quantitative estimate of drug-likeness (QED) is 0.283. The second-order valence-corrected chi connectivity index (χ2v) is 7.18. The maximum Gasteiger partial charge on any atom is 0.201 e. The fraction of sp³-hybridized carbons (Fsp3) is 0.0833. The molecule has 4 aromatic heterocycles. The van der Waals surface area contributed by atoms with Gasteiger partial charge in [0.05, 0.1) is 0 Å². The Hall–Kier alpha value is -3.81. The summed E-state index contributed by atoms with van der Waals surface area (Å²) in [5, 5.41) is 0. The van der Waals surface area contributed by atoms with Crippen LogP contribution in [0.2, 0.25) is 0 Å². The molecule has 0 aliphatic carbocycles. The largest absolute Gasteiger partial charge is 0.304 e. The Morgan fingerprint density at radius 3 is 1.64 bits per heavy atom. The van der Waals surface area contributed by atoms with E-state index in [0.717, 1.165) is 27.9 Å². The number of rotatable bonds is 4. The molecular weight excluding hydrogens is 593 g/mol. The molecule has 5 rings (SSSR count). The molecule has 0 bridgehead atoms. The molecule has 5 aromatic rings. The van der Waals surface area contributed by atoms with Crippen LogP contribution in [-0.2, 0) is 20.1 Å². The molecule has 8 nitrogen and oxygen atoms in total. The van der Waals surface area contributed by atoms with E-state index in [9.17, 15) is 0 Å². The van der Waals surface area contributed by atoms with Gasteiger partial charge in [-0.15, -0.1) is 35.9 Å². The number of benzene rings is 1. The predicted octanol–water partition coefficient (Wildman–Crippen LogP) is 3.93. The van der Waals surface area contributed by atoms with Crippen LogP contribution in [0.3, 0.4) is 0 Å². The third kappa shape index (κ3) is 5.00. The zero-order chi connectivity index (χ0) is 21.9. The van der Waals surface area contributed by atoms with E-state index in [-0.39, 0.29) is 20.1 Å². The van der Waals surface area contributed by atoms with Crippen LogP contribution in [0.4, 0.5) is 0 Å². The SMILES string of the molecule is Cc1cnc(-c2nc(-c3ccc(-c4[c-]cccc4)nc3)nc(-c3ncc(C)cn3)n2)nc1.[Ir]. The maximum atomic E-state index is 4.60. The minimum Gasteiger partial charge on any atom is -0.304 e. The van der Waals surface area contributed by atoms with Crippen molar-refractivity contribution in [3.8, 4) is 45.9 Å². The smallest absolute Gasteiger partial charge is 0.201 e. The number of aromatic nitrogens is 8. The topological polar surface area (TPSA) is 103 Å². The zero-order valence-electron chi connectivity index (χ0n) is 17.8. The summed E-state index contributed by atoms with van der Waals surface area (Å²) in [5.74, 6) is 1.92. The molecular formula is C24H17IrN8-. The van der Waals surface area contributed by atoms with Crippen LogP contribution in [0.1, 0.15) is 11.1 Å². The van der Waals surface area contributed by atoms with Crippen molar-refractivity contribution in [3.05, 3.63) is 84.6 Å². The van der Waals surface area contributed by atoms with Crippen molar-refractivity contribution in [2.75, 3.05) is 0 Å². The monoisotopic (exact) mass is 610 g/mol. The summed E-state index contributed by atoms with van der Waals surface area (Å²) in [6.45, 7) is 3.84. The molecule has 163 valence electrons. The minimum absolute atomic E-state index is 0. The zero-order valence-corrected chi connectivity index (χ0v) is 20.2. The molecule has 0 aliphatic heterocycles. The average Bonchev–Trinajstić information content (AvgIpc) is 2.85. The van der Waals surface area contributed by atoms with Crippen molar-refractivity contribution in [1.82, 2.24) is 39.9 Å². The first-order valence-corrected chi connectivity index (χ1v) is 9.93. The van der Waals surface area contributed by atoms with Crippen molar-refractivity contribution in [2.24, 2.45) is 0 Å². The van der Waals surface area contributed by atoms with Gasteiger partial charge in [0, 0.05) is 56.7 Å². The van der Waals surface area contributed by atoms with Gasteiger partial charge in [0.2, 0.25) is 11.6 Å². The number of aryl methyl sites for hydroxylation is 2. The molecule has 0 saturated carbocycles. The summed E-state index contributed by atoms with van der Waals surface area (Å²) in [4.78, 5) is 35.7. The van der Waals surface area contributed by atoms with Gasteiger partial charge < -0.3 is 4.98 Å². The van der Waals surface area contributed by atoms with Gasteiger partial charge in [-0.05, 0) is 30.7 Å². The normalized spacial score (nSPS) is 10.5. The average molecular weight is 610 g/mol. The van der Waals surface area contributed by atoms with Crippen LogP contribution >= 0.6 is 0 Å². The first-order chi connectivity index (χ1) is 15.7. The van der Waals surface area contributed by atoms with Crippen LogP contribution in [0.5, 0.6) is 0 Å². The van der Waals surface area contributed by atoms with Gasteiger partial charge in [-0.2, -0.15) is 0 Å². The fourth-order valence-corrected chi connectivity index (χ4v) is 2.96. The molecule has 0 spiro atoms. The Balaban J connectivity index is 0.00000259. The number of hydrogen-bond acceptors (Lipinski definition) is 8. The van der Waals surface area contributed by atoms with Gasteiger partial charge in [0.1, 0.15) is 0 Å². The van der Waals surface area contributed by atoms with Crippen LogP contribution in [0.15, 0.2) is 67.4 Å². The van der Waals surface area contributed by atoms with Crippen LogP contribution < -0.4 is 0 Å². The van der Waals surface area contributed by atoms with Crippen LogP contribution in [0.25, 0.3) is 45.9 Å². The third-order valence-electron chi connectivity index (χ3n) is 4.60. The molecule has 0 fully saturated rings. The van der Waals surface area contributed by atoms with E-state index < -0.39 is 0 Å². The standard InChI is InChI=1S/C24H17N8.Ir/c1-15-10-26-21(27-11-15)23-30-20(31-24(32-23)22-28-12-16(2)13-29-22)18-8-9-19(25-14-18)17-6-4-3-5-7-17;/h3-6,8-14H,1-2H3;/q-1;. The Morgan fingerprint density at radius 2 is 1.15 bits per heavy atom. The van der Waals surface area contributed by atoms with Crippen LogP contribution in [0, 0.1) is 19.9 Å².